The van der Waals surface area contributed by atoms with Gasteiger partial charge in [-0.15, -0.1) is 0 Å². The van der Waals surface area contributed by atoms with Gasteiger partial charge in [0.2, 0.25) is 0 Å². The molecule has 1 saturated heterocycles. The average Bonchev–Trinajstić information content (AvgIpc) is 3.04. The number of aromatic nitrogens is 1. The Hall–Kier alpha value is -2.02. The molecular formula is C14H19N3O4. The fourth-order valence-electron chi connectivity index (χ4n) is 2.84. The number of urea groups is 1. The number of aryl methyl sites for hydroxylation is 1. The Bertz CT molecular complexity index is 565. The van der Waals surface area contributed by atoms with Crippen LogP contribution in [0.4, 0.5) is 10.5 Å². The van der Waals surface area contributed by atoms with Gasteiger partial charge in [0, 0.05) is 12.3 Å². The van der Waals surface area contributed by atoms with Gasteiger partial charge < -0.3 is 25.5 Å². The average molecular weight is 293 g/mol. The molecule has 7 nitrogen and oxygen atoms in total. The number of aromatic amines is 1. The van der Waals surface area contributed by atoms with Gasteiger partial charge in [-0.2, -0.15) is 0 Å². The number of carbonyl (C=O) groups is 2. The number of hydrogen-bond acceptors (Lipinski definition) is 3. The summed E-state index contributed by atoms with van der Waals surface area (Å²) in [6.45, 7) is 2.40. The summed E-state index contributed by atoms with van der Waals surface area (Å²) in [6, 6.07) is 1.22. The molecule has 21 heavy (non-hydrogen) atoms. The minimum Gasteiger partial charge on any atom is -0.477 e. The molecule has 114 valence electrons. The fourth-order valence-corrected chi connectivity index (χ4v) is 2.84. The molecule has 2 atom stereocenters. The maximum atomic E-state index is 12.1. The molecule has 1 aromatic heterocycles. The van der Waals surface area contributed by atoms with E-state index in [4.69, 9.17) is 9.84 Å². The maximum absolute atomic E-state index is 12.1. The van der Waals surface area contributed by atoms with Gasteiger partial charge in [-0.1, -0.05) is 0 Å². The highest BCUT2D eigenvalue weighted by Crippen LogP contribution is 2.38. The van der Waals surface area contributed by atoms with Gasteiger partial charge in [0.15, 0.2) is 0 Å². The van der Waals surface area contributed by atoms with Crippen LogP contribution in [0, 0.1) is 12.8 Å². The standard InChI is InChI=1S/C14H19N3O4/c1-7-6-10(11(15-7)13(18)19)17-14(20)16-9-4-5-21-12(9)8-2-3-8/h6,8-9,12,15H,2-5H2,1H3,(H,18,19)(H2,16,17,20). The normalized spacial score (nSPS) is 24.8. The van der Waals surface area contributed by atoms with Crippen molar-refractivity contribution in [1.29, 1.82) is 0 Å². The van der Waals surface area contributed by atoms with E-state index >= 15 is 0 Å². The van der Waals surface area contributed by atoms with E-state index in [9.17, 15) is 9.59 Å². The second-order valence-corrected chi connectivity index (χ2v) is 5.71. The maximum Gasteiger partial charge on any atom is 0.354 e. The predicted molar refractivity (Wildman–Crippen MR) is 75.5 cm³/mol. The minimum absolute atomic E-state index is 0.00539. The third-order valence-electron chi connectivity index (χ3n) is 3.95. The summed E-state index contributed by atoms with van der Waals surface area (Å²) < 4.78 is 5.66. The number of rotatable bonds is 4. The van der Waals surface area contributed by atoms with Gasteiger partial charge in [0.05, 0.1) is 17.8 Å². The van der Waals surface area contributed by atoms with Gasteiger partial charge in [0.25, 0.3) is 0 Å². The van der Waals surface area contributed by atoms with Crippen LogP contribution in [0.25, 0.3) is 0 Å². The highest BCUT2D eigenvalue weighted by molar-refractivity contribution is 5.99. The number of carboxylic acid groups (broad SMARTS) is 1. The number of aromatic carboxylic acids is 1. The Morgan fingerprint density at radius 3 is 2.81 bits per heavy atom. The second-order valence-electron chi connectivity index (χ2n) is 5.71. The molecule has 2 amide bonds. The first-order valence-electron chi connectivity index (χ1n) is 7.16. The van der Waals surface area contributed by atoms with Gasteiger partial charge in [-0.05, 0) is 38.2 Å². The molecule has 1 aliphatic carbocycles. The molecular weight excluding hydrogens is 274 g/mol. The molecule has 7 heteroatoms. The van der Waals surface area contributed by atoms with E-state index in [1.807, 2.05) is 0 Å². The molecule has 0 bridgehead atoms. The molecule has 1 aromatic rings. The van der Waals surface area contributed by atoms with Crippen LogP contribution >= 0.6 is 0 Å². The van der Waals surface area contributed by atoms with E-state index in [2.05, 4.69) is 15.6 Å². The number of amides is 2. The molecule has 2 aliphatic rings. The number of nitrogens with one attached hydrogen (secondary N) is 3. The van der Waals surface area contributed by atoms with Crippen LogP contribution in [0.2, 0.25) is 0 Å². The molecule has 0 aromatic carbocycles. The van der Waals surface area contributed by atoms with Crippen molar-refractivity contribution >= 4 is 17.7 Å². The number of carbonyl (C=O) groups excluding carboxylic acids is 1. The Labute approximate surface area is 122 Å². The van der Waals surface area contributed by atoms with Gasteiger partial charge in [-0.3, -0.25) is 0 Å². The summed E-state index contributed by atoms with van der Waals surface area (Å²) in [7, 11) is 0. The topological polar surface area (TPSA) is 103 Å². The zero-order valence-corrected chi connectivity index (χ0v) is 11.8. The zero-order chi connectivity index (χ0) is 15.0. The summed E-state index contributed by atoms with van der Waals surface area (Å²) in [6.07, 6.45) is 3.21. The molecule has 2 unspecified atom stereocenters. The number of ether oxygens (including phenoxy) is 1. The first-order valence-corrected chi connectivity index (χ1v) is 7.16. The molecule has 0 radical (unpaired) electrons. The van der Waals surface area contributed by atoms with Crippen LogP contribution in [0.5, 0.6) is 0 Å². The lowest BCUT2D eigenvalue weighted by Gasteiger charge is -2.19. The molecule has 0 spiro atoms. The third-order valence-corrected chi connectivity index (χ3v) is 3.95. The van der Waals surface area contributed by atoms with Gasteiger partial charge in [-0.25, -0.2) is 9.59 Å². The number of H-pyrrole nitrogens is 1. The van der Waals surface area contributed by atoms with Crippen LogP contribution in [0.1, 0.15) is 35.4 Å². The van der Waals surface area contributed by atoms with E-state index in [-0.39, 0.29) is 23.5 Å². The molecule has 3 rings (SSSR count). The molecule has 2 heterocycles. The highest BCUT2D eigenvalue weighted by Gasteiger charge is 2.41. The van der Waals surface area contributed by atoms with Crippen molar-refractivity contribution in [2.45, 2.75) is 38.3 Å². The summed E-state index contributed by atoms with van der Waals surface area (Å²) in [5, 5.41) is 14.6. The number of hydrogen-bond donors (Lipinski definition) is 4. The monoisotopic (exact) mass is 293 g/mol. The van der Waals surface area contributed by atoms with Crippen LogP contribution in [-0.4, -0.2) is 40.8 Å². The van der Waals surface area contributed by atoms with Crippen molar-refractivity contribution < 1.29 is 19.4 Å². The Morgan fingerprint density at radius 2 is 2.14 bits per heavy atom. The SMILES string of the molecule is Cc1cc(NC(=O)NC2CCOC2C2CC2)c(C(=O)O)[nH]1. The third kappa shape index (κ3) is 3.02. The van der Waals surface area contributed by atoms with E-state index in [1.54, 1.807) is 13.0 Å². The summed E-state index contributed by atoms with van der Waals surface area (Å²) in [5.74, 6) is -0.541. The van der Waals surface area contributed by atoms with Crippen molar-refractivity contribution in [2.24, 2.45) is 5.92 Å². The van der Waals surface area contributed by atoms with Crippen LogP contribution in [0.3, 0.4) is 0 Å². The van der Waals surface area contributed by atoms with Crippen LogP contribution < -0.4 is 10.6 Å². The lowest BCUT2D eigenvalue weighted by atomic mass is 10.1. The van der Waals surface area contributed by atoms with E-state index in [0.717, 1.165) is 19.3 Å². The van der Waals surface area contributed by atoms with Crippen molar-refractivity contribution in [2.75, 3.05) is 11.9 Å². The van der Waals surface area contributed by atoms with E-state index in [0.29, 0.717) is 18.2 Å². The summed E-state index contributed by atoms with van der Waals surface area (Å²) >= 11 is 0. The number of carboxylic acids is 1. The predicted octanol–water partition coefficient (Wildman–Crippen LogP) is 1.71. The highest BCUT2D eigenvalue weighted by atomic mass is 16.5. The smallest absolute Gasteiger partial charge is 0.354 e. The van der Waals surface area contributed by atoms with E-state index < -0.39 is 12.0 Å². The van der Waals surface area contributed by atoms with Crippen molar-refractivity contribution in [3.8, 4) is 0 Å². The summed E-state index contributed by atoms with van der Waals surface area (Å²) in [4.78, 5) is 25.9. The van der Waals surface area contributed by atoms with Crippen molar-refractivity contribution in [3.05, 3.63) is 17.5 Å². The Balaban J connectivity index is 1.62. The second kappa shape index (κ2) is 5.40. The quantitative estimate of drug-likeness (QED) is 0.678. The first kappa shape index (κ1) is 13.9. The van der Waals surface area contributed by atoms with Crippen LogP contribution in [-0.2, 0) is 4.74 Å². The fraction of sp³-hybridized carbons (Fsp3) is 0.571. The molecule has 1 aliphatic heterocycles. The Morgan fingerprint density at radius 1 is 1.38 bits per heavy atom. The Kier molecular flexibility index (Phi) is 3.59. The molecule has 4 N–H and O–H groups in total. The first-order chi connectivity index (χ1) is 10.0. The van der Waals surface area contributed by atoms with Gasteiger partial charge in [0.1, 0.15) is 5.69 Å². The molecule has 1 saturated carbocycles. The lowest BCUT2D eigenvalue weighted by molar-refractivity contribution is 0.0692. The minimum atomic E-state index is -1.10. The largest absolute Gasteiger partial charge is 0.477 e. The molecule has 2 fully saturated rings. The number of anilines is 1. The zero-order valence-electron chi connectivity index (χ0n) is 11.8. The summed E-state index contributed by atoms with van der Waals surface area (Å²) in [5.41, 5.74) is 0.950. The van der Waals surface area contributed by atoms with Crippen molar-refractivity contribution in [3.63, 3.8) is 0 Å². The lowest BCUT2D eigenvalue weighted by Crippen LogP contribution is -2.43. The van der Waals surface area contributed by atoms with Crippen LogP contribution in [0.15, 0.2) is 6.07 Å². The van der Waals surface area contributed by atoms with Crippen molar-refractivity contribution in [1.82, 2.24) is 10.3 Å². The van der Waals surface area contributed by atoms with Gasteiger partial charge >= 0.3 is 12.0 Å². The van der Waals surface area contributed by atoms with E-state index in [1.165, 1.54) is 0 Å².